The van der Waals surface area contributed by atoms with E-state index in [1.54, 1.807) is 16.9 Å². The predicted molar refractivity (Wildman–Crippen MR) is 76.3 cm³/mol. The van der Waals surface area contributed by atoms with Gasteiger partial charge in [0.25, 0.3) is 0 Å². The number of halogens is 1. The molecule has 0 aliphatic carbocycles. The third-order valence-electron chi connectivity index (χ3n) is 2.85. The number of benzene rings is 1. The third kappa shape index (κ3) is 2.34. The van der Waals surface area contributed by atoms with Crippen molar-refractivity contribution >= 4 is 17.3 Å². The fourth-order valence-corrected chi connectivity index (χ4v) is 2.17. The van der Waals surface area contributed by atoms with Crippen molar-refractivity contribution in [3.05, 3.63) is 64.2 Å². The molecule has 1 aromatic carbocycles. The van der Waals surface area contributed by atoms with Crippen LogP contribution in [0.2, 0.25) is 5.15 Å². The summed E-state index contributed by atoms with van der Waals surface area (Å²) in [7, 11) is 0. The molecule has 0 saturated carbocycles. The van der Waals surface area contributed by atoms with Crippen molar-refractivity contribution in [1.29, 1.82) is 0 Å². The van der Waals surface area contributed by atoms with E-state index in [0.29, 0.717) is 5.69 Å². The van der Waals surface area contributed by atoms with Crippen molar-refractivity contribution < 1.29 is 4.92 Å². The number of para-hydroxylation sites is 1. The van der Waals surface area contributed by atoms with Gasteiger partial charge in [-0.25, -0.2) is 14.6 Å². The van der Waals surface area contributed by atoms with Gasteiger partial charge in [-0.3, -0.25) is 10.1 Å². The van der Waals surface area contributed by atoms with Gasteiger partial charge in [-0.15, -0.1) is 0 Å². The van der Waals surface area contributed by atoms with Crippen molar-refractivity contribution in [3.63, 3.8) is 0 Å². The van der Waals surface area contributed by atoms with Crippen LogP contribution in [0.4, 0.5) is 5.69 Å². The van der Waals surface area contributed by atoms with E-state index < -0.39 is 4.92 Å². The first kappa shape index (κ1) is 13.2. The molecule has 0 atom stereocenters. The van der Waals surface area contributed by atoms with Crippen LogP contribution in [0.15, 0.2) is 48.9 Å². The van der Waals surface area contributed by atoms with E-state index in [1.807, 2.05) is 30.3 Å². The van der Waals surface area contributed by atoms with Gasteiger partial charge in [-0.1, -0.05) is 29.8 Å². The summed E-state index contributed by atoms with van der Waals surface area (Å²) in [5.41, 5.74) is 1.02. The molecule has 0 N–H and O–H groups in total. The standard InChI is InChI=1S/C13H8ClN5O2/c14-13-12(19(20)21)11(15-8-16-13)10-6-7-17-18(10)9-4-2-1-3-5-9/h1-8H. The summed E-state index contributed by atoms with van der Waals surface area (Å²) in [6.07, 6.45) is 2.73. The molecular formula is C13H8ClN5O2. The minimum Gasteiger partial charge on any atom is -0.258 e. The van der Waals surface area contributed by atoms with Crippen LogP contribution in [0.1, 0.15) is 0 Å². The topological polar surface area (TPSA) is 86.7 Å². The Labute approximate surface area is 124 Å². The van der Waals surface area contributed by atoms with Gasteiger partial charge in [0.15, 0.2) is 5.69 Å². The first-order valence-corrected chi connectivity index (χ1v) is 6.31. The van der Waals surface area contributed by atoms with Crippen molar-refractivity contribution in [2.45, 2.75) is 0 Å². The van der Waals surface area contributed by atoms with Crippen LogP contribution in [0.25, 0.3) is 17.1 Å². The van der Waals surface area contributed by atoms with Gasteiger partial charge in [0, 0.05) is 0 Å². The third-order valence-corrected chi connectivity index (χ3v) is 3.12. The fourth-order valence-electron chi connectivity index (χ4n) is 1.96. The molecule has 0 unspecified atom stereocenters. The number of nitrogens with zero attached hydrogens (tertiary/aromatic N) is 5. The van der Waals surface area contributed by atoms with Crippen LogP contribution >= 0.6 is 11.6 Å². The molecule has 104 valence electrons. The molecule has 7 nitrogen and oxygen atoms in total. The Morgan fingerprint density at radius 1 is 1.14 bits per heavy atom. The van der Waals surface area contributed by atoms with Crippen LogP contribution in [-0.4, -0.2) is 24.7 Å². The Morgan fingerprint density at radius 2 is 1.90 bits per heavy atom. The van der Waals surface area contributed by atoms with Gasteiger partial charge in [0.2, 0.25) is 5.15 Å². The number of hydrogen-bond donors (Lipinski definition) is 0. The highest BCUT2D eigenvalue weighted by molar-refractivity contribution is 6.31. The summed E-state index contributed by atoms with van der Waals surface area (Å²) in [6, 6.07) is 10.9. The zero-order chi connectivity index (χ0) is 14.8. The van der Waals surface area contributed by atoms with E-state index >= 15 is 0 Å². The maximum Gasteiger partial charge on any atom is 0.334 e. The van der Waals surface area contributed by atoms with Crippen molar-refractivity contribution in [1.82, 2.24) is 19.7 Å². The molecule has 0 amide bonds. The normalized spacial score (nSPS) is 10.5. The van der Waals surface area contributed by atoms with Gasteiger partial charge in [-0.05, 0) is 18.2 Å². The quantitative estimate of drug-likeness (QED) is 0.422. The summed E-state index contributed by atoms with van der Waals surface area (Å²) >= 11 is 5.82. The highest BCUT2D eigenvalue weighted by atomic mass is 35.5. The van der Waals surface area contributed by atoms with Crippen LogP contribution in [-0.2, 0) is 0 Å². The van der Waals surface area contributed by atoms with Gasteiger partial charge in [0.1, 0.15) is 6.33 Å². The summed E-state index contributed by atoms with van der Waals surface area (Å²) in [6.45, 7) is 0. The second-order valence-electron chi connectivity index (χ2n) is 4.08. The average molecular weight is 302 g/mol. The van der Waals surface area contributed by atoms with Crippen molar-refractivity contribution in [2.24, 2.45) is 0 Å². The Kier molecular flexibility index (Phi) is 3.33. The molecule has 2 aromatic heterocycles. The SMILES string of the molecule is O=[N+]([O-])c1c(Cl)ncnc1-c1ccnn1-c1ccccc1. The van der Waals surface area contributed by atoms with E-state index in [1.165, 1.54) is 6.33 Å². The minimum absolute atomic E-state index is 0.126. The second kappa shape index (κ2) is 5.29. The average Bonchev–Trinajstić information content (AvgIpc) is 2.96. The highest BCUT2D eigenvalue weighted by Crippen LogP contribution is 2.33. The molecule has 0 saturated heterocycles. The lowest BCUT2D eigenvalue weighted by molar-refractivity contribution is -0.384. The fraction of sp³-hybridized carbons (Fsp3) is 0. The molecule has 8 heteroatoms. The van der Waals surface area contributed by atoms with Gasteiger partial charge in [0.05, 0.1) is 22.5 Å². The summed E-state index contributed by atoms with van der Waals surface area (Å²) in [5.74, 6) is 0. The van der Waals surface area contributed by atoms with E-state index in [0.717, 1.165) is 5.69 Å². The Hall–Kier alpha value is -2.80. The maximum atomic E-state index is 11.2. The molecule has 0 aliphatic heterocycles. The zero-order valence-corrected chi connectivity index (χ0v) is 11.3. The van der Waals surface area contributed by atoms with E-state index in [-0.39, 0.29) is 16.5 Å². The molecule has 3 aromatic rings. The molecule has 0 aliphatic rings. The molecule has 0 spiro atoms. The van der Waals surface area contributed by atoms with E-state index in [9.17, 15) is 10.1 Å². The van der Waals surface area contributed by atoms with Crippen molar-refractivity contribution in [3.8, 4) is 17.1 Å². The molecule has 0 fully saturated rings. The molecule has 21 heavy (non-hydrogen) atoms. The van der Waals surface area contributed by atoms with Gasteiger partial charge < -0.3 is 0 Å². The lowest BCUT2D eigenvalue weighted by Crippen LogP contribution is -2.03. The first-order chi connectivity index (χ1) is 10.2. The molecule has 3 rings (SSSR count). The van der Waals surface area contributed by atoms with Gasteiger partial charge in [-0.2, -0.15) is 5.10 Å². The maximum absolute atomic E-state index is 11.2. The first-order valence-electron chi connectivity index (χ1n) is 5.93. The van der Waals surface area contributed by atoms with Gasteiger partial charge >= 0.3 is 5.69 Å². The van der Waals surface area contributed by atoms with Crippen LogP contribution in [0.3, 0.4) is 0 Å². The molecule has 0 radical (unpaired) electrons. The molecular weight excluding hydrogens is 294 g/mol. The van der Waals surface area contributed by atoms with E-state index in [4.69, 9.17) is 11.6 Å². The summed E-state index contributed by atoms with van der Waals surface area (Å²) in [4.78, 5) is 18.2. The lowest BCUT2D eigenvalue weighted by Gasteiger charge is -2.07. The Bertz CT molecular complexity index is 803. The zero-order valence-electron chi connectivity index (χ0n) is 10.5. The largest absolute Gasteiger partial charge is 0.334 e. The number of nitro groups is 1. The second-order valence-corrected chi connectivity index (χ2v) is 4.44. The number of hydrogen-bond acceptors (Lipinski definition) is 5. The predicted octanol–water partition coefficient (Wildman–Crippen LogP) is 2.89. The highest BCUT2D eigenvalue weighted by Gasteiger charge is 2.25. The number of rotatable bonds is 3. The monoisotopic (exact) mass is 301 g/mol. The van der Waals surface area contributed by atoms with Crippen LogP contribution in [0.5, 0.6) is 0 Å². The van der Waals surface area contributed by atoms with Crippen LogP contribution < -0.4 is 0 Å². The van der Waals surface area contributed by atoms with Crippen molar-refractivity contribution in [2.75, 3.05) is 0 Å². The summed E-state index contributed by atoms with van der Waals surface area (Å²) < 4.78 is 1.56. The molecule has 2 heterocycles. The van der Waals surface area contributed by atoms with Crippen LogP contribution in [0, 0.1) is 10.1 Å². The lowest BCUT2D eigenvalue weighted by atomic mass is 10.2. The molecule has 0 bridgehead atoms. The summed E-state index contributed by atoms with van der Waals surface area (Å²) in [5, 5.41) is 15.2. The Balaban J connectivity index is 2.22. The Morgan fingerprint density at radius 3 is 2.62 bits per heavy atom. The van der Waals surface area contributed by atoms with E-state index in [2.05, 4.69) is 15.1 Å². The number of aromatic nitrogens is 4. The minimum atomic E-state index is -0.597. The smallest absolute Gasteiger partial charge is 0.258 e.